The number of fused-ring (bicyclic) bond motifs is 1. The van der Waals surface area contributed by atoms with Crippen molar-refractivity contribution in [2.45, 2.75) is 18.9 Å². The number of nitrogens with zero attached hydrogens (tertiary/aromatic N) is 5. The average Bonchev–Trinajstić information content (AvgIpc) is 3.15. The lowest BCUT2D eigenvalue weighted by atomic mass is 10.1. The van der Waals surface area contributed by atoms with Crippen LogP contribution in [0, 0.1) is 0 Å². The van der Waals surface area contributed by atoms with E-state index in [0.717, 1.165) is 37.3 Å². The number of hydrogen-bond acceptors (Lipinski definition) is 6. The van der Waals surface area contributed by atoms with Crippen LogP contribution in [0.4, 0.5) is 5.95 Å². The maximum absolute atomic E-state index is 11.5. The molecule has 0 spiro atoms. The fourth-order valence-electron chi connectivity index (χ4n) is 3.42. The topological polar surface area (TPSA) is 87.5 Å². The van der Waals surface area contributed by atoms with Crippen molar-refractivity contribution in [1.82, 2.24) is 29.6 Å². The minimum atomic E-state index is 0.0464. The molecule has 1 aliphatic heterocycles. The van der Waals surface area contributed by atoms with E-state index in [4.69, 9.17) is 11.6 Å². The lowest BCUT2D eigenvalue weighted by Gasteiger charge is -2.31. The first kappa shape index (κ1) is 18.6. The van der Waals surface area contributed by atoms with Crippen molar-refractivity contribution >= 4 is 29.1 Å². The van der Waals surface area contributed by atoms with Crippen molar-refractivity contribution in [3.63, 3.8) is 0 Å². The number of pyridine rings is 1. The lowest BCUT2D eigenvalue weighted by Crippen LogP contribution is -2.43. The van der Waals surface area contributed by atoms with Gasteiger partial charge in [-0.3, -0.25) is 14.1 Å². The van der Waals surface area contributed by atoms with Crippen molar-refractivity contribution in [1.29, 1.82) is 0 Å². The van der Waals surface area contributed by atoms with Crippen LogP contribution in [0.5, 0.6) is 0 Å². The summed E-state index contributed by atoms with van der Waals surface area (Å²) < 4.78 is 1.95. The molecule has 0 unspecified atom stereocenters. The standard InChI is InChI=1S/C19H22ClN7O/c1-21-17(28)12-26-8-5-13(6-9-26)24-19-23-10-14(20)18(25-19)15-11-22-16-4-2-3-7-27(15)16/h2-4,7,10-11,13H,5-6,8-9,12H2,1H3,(H,21,28)(H,23,24,25). The third kappa shape index (κ3) is 3.93. The van der Waals surface area contributed by atoms with Gasteiger partial charge >= 0.3 is 0 Å². The molecule has 2 N–H and O–H groups in total. The molecule has 0 bridgehead atoms. The number of anilines is 1. The summed E-state index contributed by atoms with van der Waals surface area (Å²) in [4.78, 5) is 27.1. The second-order valence-electron chi connectivity index (χ2n) is 6.83. The van der Waals surface area contributed by atoms with E-state index in [9.17, 15) is 4.79 Å². The highest BCUT2D eigenvalue weighted by molar-refractivity contribution is 6.32. The molecule has 0 saturated carbocycles. The summed E-state index contributed by atoms with van der Waals surface area (Å²) in [6.07, 6.45) is 7.17. The number of likely N-dealkylation sites (N-methyl/N-ethyl adjacent to an activating group) is 1. The first-order valence-corrected chi connectivity index (χ1v) is 9.66. The number of nitrogens with one attached hydrogen (secondary N) is 2. The van der Waals surface area contributed by atoms with Crippen molar-refractivity contribution in [3.05, 3.63) is 41.8 Å². The zero-order chi connectivity index (χ0) is 19.5. The van der Waals surface area contributed by atoms with Crippen LogP contribution < -0.4 is 10.6 Å². The van der Waals surface area contributed by atoms with Crippen molar-refractivity contribution < 1.29 is 4.79 Å². The molecule has 1 aliphatic rings. The highest BCUT2D eigenvalue weighted by Gasteiger charge is 2.21. The molecular weight excluding hydrogens is 378 g/mol. The Labute approximate surface area is 168 Å². The number of rotatable bonds is 5. The van der Waals surface area contributed by atoms with E-state index in [1.807, 2.05) is 28.8 Å². The van der Waals surface area contributed by atoms with Crippen LogP contribution in [0.1, 0.15) is 12.8 Å². The second kappa shape index (κ2) is 8.12. The van der Waals surface area contributed by atoms with Crippen LogP contribution in [-0.2, 0) is 4.79 Å². The summed E-state index contributed by atoms with van der Waals surface area (Å²) in [6.45, 7) is 2.16. The molecule has 8 nitrogen and oxygen atoms in total. The van der Waals surface area contributed by atoms with E-state index in [0.29, 0.717) is 23.2 Å². The summed E-state index contributed by atoms with van der Waals surface area (Å²) in [5, 5.41) is 6.56. The molecule has 3 aromatic heterocycles. The quantitative estimate of drug-likeness (QED) is 0.683. The number of piperidine rings is 1. The molecule has 9 heteroatoms. The normalized spacial score (nSPS) is 15.6. The molecule has 146 valence electrons. The maximum atomic E-state index is 11.5. The summed E-state index contributed by atoms with van der Waals surface area (Å²) in [7, 11) is 1.66. The summed E-state index contributed by atoms with van der Waals surface area (Å²) in [5.74, 6) is 0.597. The van der Waals surface area contributed by atoms with Crippen molar-refractivity contribution in [2.24, 2.45) is 0 Å². The smallest absolute Gasteiger partial charge is 0.233 e. The largest absolute Gasteiger partial charge is 0.358 e. The van der Waals surface area contributed by atoms with Gasteiger partial charge in [0.15, 0.2) is 0 Å². The molecule has 0 aliphatic carbocycles. The zero-order valence-electron chi connectivity index (χ0n) is 15.6. The minimum Gasteiger partial charge on any atom is -0.358 e. The van der Waals surface area contributed by atoms with Gasteiger partial charge in [0, 0.05) is 32.4 Å². The minimum absolute atomic E-state index is 0.0464. The van der Waals surface area contributed by atoms with Gasteiger partial charge < -0.3 is 10.6 Å². The molecule has 1 fully saturated rings. The predicted octanol–water partition coefficient (Wildman–Crippen LogP) is 2.07. The molecular formula is C19H22ClN7O. The summed E-state index contributed by atoms with van der Waals surface area (Å²) >= 11 is 6.37. The van der Waals surface area contributed by atoms with Crippen LogP contribution in [0.3, 0.4) is 0 Å². The fraction of sp³-hybridized carbons (Fsp3) is 0.368. The number of likely N-dealkylation sites (tertiary alicyclic amines) is 1. The molecule has 0 radical (unpaired) electrons. The zero-order valence-corrected chi connectivity index (χ0v) is 16.4. The number of carbonyl (C=O) groups excluding carboxylic acids is 1. The van der Waals surface area contributed by atoms with Crippen LogP contribution >= 0.6 is 11.6 Å². The monoisotopic (exact) mass is 399 g/mol. The van der Waals surface area contributed by atoms with E-state index >= 15 is 0 Å². The van der Waals surface area contributed by atoms with Crippen LogP contribution in [0.15, 0.2) is 36.8 Å². The van der Waals surface area contributed by atoms with E-state index < -0.39 is 0 Å². The molecule has 0 atom stereocenters. The van der Waals surface area contributed by atoms with E-state index in [1.54, 1.807) is 19.4 Å². The lowest BCUT2D eigenvalue weighted by molar-refractivity contribution is -0.122. The third-order valence-electron chi connectivity index (χ3n) is 4.97. The first-order valence-electron chi connectivity index (χ1n) is 9.28. The van der Waals surface area contributed by atoms with Gasteiger partial charge in [-0.25, -0.2) is 15.0 Å². The van der Waals surface area contributed by atoms with E-state index in [-0.39, 0.29) is 11.9 Å². The molecule has 28 heavy (non-hydrogen) atoms. The Balaban J connectivity index is 1.47. The van der Waals surface area contributed by atoms with Gasteiger partial charge in [0.25, 0.3) is 0 Å². The number of aromatic nitrogens is 4. The summed E-state index contributed by atoms with van der Waals surface area (Å²) in [5.41, 5.74) is 2.31. The molecule has 3 aromatic rings. The Kier molecular flexibility index (Phi) is 5.40. The van der Waals surface area contributed by atoms with E-state index in [1.165, 1.54) is 0 Å². The highest BCUT2D eigenvalue weighted by Crippen LogP contribution is 2.27. The van der Waals surface area contributed by atoms with Gasteiger partial charge in [0.2, 0.25) is 11.9 Å². The van der Waals surface area contributed by atoms with Gasteiger partial charge in [-0.2, -0.15) is 0 Å². The van der Waals surface area contributed by atoms with Crippen molar-refractivity contribution in [3.8, 4) is 11.4 Å². The maximum Gasteiger partial charge on any atom is 0.233 e. The first-order chi connectivity index (χ1) is 13.6. The number of halogens is 1. The van der Waals surface area contributed by atoms with Gasteiger partial charge in [-0.1, -0.05) is 17.7 Å². The van der Waals surface area contributed by atoms with Crippen LogP contribution in [0.2, 0.25) is 5.02 Å². The number of amides is 1. The van der Waals surface area contributed by atoms with Gasteiger partial charge in [-0.05, 0) is 25.0 Å². The second-order valence-corrected chi connectivity index (χ2v) is 7.24. The summed E-state index contributed by atoms with van der Waals surface area (Å²) in [6, 6.07) is 6.08. The number of hydrogen-bond donors (Lipinski definition) is 2. The SMILES string of the molecule is CNC(=O)CN1CCC(Nc2ncc(Cl)c(-c3cnc4ccccn34)n2)CC1. The number of carbonyl (C=O) groups is 1. The van der Waals surface area contributed by atoms with E-state index in [2.05, 4.69) is 30.5 Å². The predicted molar refractivity (Wildman–Crippen MR) is 108 cm³/mol. The fourth-order valence-corrected chi connectivity index (χ4v) is 3.61. The average molecular weight is 400 g/mol. The van der Waals surface area contributed by atoms with Crippen LogP contribution in [0.25, 0.3) is 17.0 Å². The van der Waals surface area contributed by atoms with Gasteiger partial charge in [0.1, 0.15) is 11.3 Å². The molecule has 1 saturated heterocycles. The van der Waals surface area contributed by atoms with Crippen molar-refractivity contribution in [2.75, 3.05) is 32.0 Å². The Morgan fingerprint density at radius 3 is 2.86 bits per heavy atom. The molecule has 0 aromatic carbocycles. The Hall–Kier alpha value is -2.71. The Morgan fingerprint density at radius 1 is 1.25 bits per heavy atom. The highest BCUT2D eigenvalue weighted by atomic mass is 35.5. The molecule has 4 heterocycles. The molecule has 4 rings (SSSR count). The number of imidazole rings is 1. The van der Waals surface area contributed by atoms with Gasteiger partial charge in [0.05, 0.1) is 29.7 Å². The van der Waals surface area contributed by atoms with Gasteiger partial charge in [-0.15, -0.1) is 0 Å². The third-order valence-corrected chi connectivity index (χ3v) is 5.25. The van der Waals surface area contributed by atoms with Crippen LogP contribution in [-0.4, -0.2) is 62.9 Å². The molecule has 1 amide bonds. The Bertz CT molecular complexity index is 981. The Morgan fingerprint density at radius 2 is 2.07 bits per heavy atom.